The van der Waals surface area contributed by atoms with E-state index >= 15 is 0 Å². The van der Waals surface area contributed by atoms with Crippen molar-refractivity contribution in [3.8, 4) is 0 Å². The van der Waals surface area contributed by atoms with Crippen LogP contribution in [0.2, 0.25) is 0 Å². The minimum Gasteiger partial charge on any atom is -0.327 e. The van der Waals surface area contributed by atoms with Crippen LogP contribution in [0.5, 0.6) is 0 Å². The lowest BCUT2D eigenvalue weighted by molar-refractivity contribution is -0.383. The van der Waals surface area contributed by atoms with Crippen LogP contribution in [0.1, 0.15) is 20.3 Å². The molecule has 0 aliphatic heterocycles. The van der Waals surface area contributed by atoms with E-state index in [0.29, 0.717) is 6.42 Å². The SMILES string of the molecule is CC(C)C(N)CCN(C)S(=O)(=O)c1ccc([N+](=O)[O-])c2cccnc12. The van der Waals surface area contributed by atoms with Crippen LogP contribution in [-0.2, 0) is 10.0 Å². The molecule has 1 unspecified atom stereocenters. The van der Waals surface area contributed by atoms with E-state index < -0.39 is 14.9 Å². The van der Waals surface area contributed by atoms with Gasteiger partial charge in [-0.15, -0.1) is 0 Å². The van der Waals surface area contributed by atoms with Crippen molar-refractivity contribution in [2.75, 3.05) is 13.6 Å². The molecular weight excluding hydrogens is 344 g/mol. The number of rotatable bonds is 7. The summed E-state index contributed by atoms with van der Waals surface area (Å²) in [5, 5.41) is 11.4. The molecule has 1 aromatic carbocycles. The molecule has 0 saturated carbocycles. The molecule has 9 heteroatoms. The van der Waals surface area contributed by atoms with Gasteiger partial charge in [0, 0.05) is 31.9 Å². The summed E-state index contributed by atoms with van der Waals surface area (Å²) in [6.07, 6.45) is 1.94. The first-order valence-corrected chi connectivity index (χ1v) is 9.34. The standard InChI is InChI=1S/C16H22N4O4S/c1-11(2)13(17)8-10-19(3)25(23,24)15-7-6-14(20(21)22)12-5-4-9-18-16(12)15/h4-7,9,11,13H,8,10,17H2,1-3H3. The maximum Gasteiger partial charge on any atom is 0.278 e. The first kappa shape index (κ1) is 19.2. The summed E-state index contributed by atoms with van der Waals surface area (Å²) in [6, 6.07) is 5.36. The third-order valence-electron chi connectivity index (χ3n) is 4.23. The lowest BCUT2D eigenvalue weighted by atomic mass is 10.0. The summed E-state index contributed by atoms with van der Waals surface area (Å²) >= 11 is 0. The molecule has 1 heterocycles. The first-order chi connectivity index (χ1) is 11.7. The number of non-ortho nitro benzene ring substituents is 1. The molecule has 0 radical (unpaired) electrons. The predicted molar refractivity (Wildman–Crippen MR) is 95.6 cm³/mol. The van der Waals surface area contributed by atoms with E-state index in [1.165, 1.54) is 41.8 Å². The molecule has 0 fully saturated rings. The lowest BCUT2D eigenvalue weighted by Gasteiger charge is -2.21. The van der Waals surface area contributed by atoms with Crippen LogP contribution >= 0.6 is 0 Å². The monoisotopic (exact) mass is 366 g/mol. The molecule has 0 amide bonds. The Balaban J connectivity index is 2.43. The molecule has 0 saturated heterocycles. The van der Waals surface area contributed by atoms with Gasteiger partial charge in [-0.3, -0.25) is 15.1 Å². The zero-order valence-corrected chi connectivity index (χ0v) is 15.2. The van der Waals surface area contributed by atoms with Crippen molar-refractivity contribution >= 4 is 26.6 Å². The maximum atomic E-state index is 12.9. The van der Waals surface area contributed by atoms with Crippen molar-refractivity contribution in [3.63, 3.8) is 0 Å². The van der Waals surface area contributed by atoms with Crippen molar-refractivity contribution < 1.29 is 13.3 Å². The quantitative estimate of drug-likeness (QED) is 0.592. The molecule has 8 nitrogen and oxygen atoms in total. The fourth-order valence-corrected chi connectivity index (χ4v) is 3.78. The number of benzene rings is 1. The van der Waals surface area contributed by atoms with Crippen LogP contribution < -0.4 is 5.73 Å². The minimum absolute atomic E-state index is 0.0469. The van der Waals surface area contributed by atoms with Crippen LogP contribution in [-0.4, -0.2) is 42.3 Å². The van der Waals surface area contributed by atoms with Crippen LogP contribution in [0, 0.1) is 16.0 Å². The summed E-state index contributed by atoms with van der Waals surface area (Å²) in [4.78, 5) is 14.6. The summed E-state index contributed by atoms with van der Waals surface area (Å²) in [5.41, 5.74) is 5.90. The number of nitro groups is 1. The molecule has 0 spiro atoms. The molecule has 2 rings (SSSR count). The summed E-state index contributed by atoms with van der Waals surface area (Å²) in [6.45, 7) is 4.22. The van der Waals surface area contributed by atoms with Gasteiger partial charge < -0.3 is 5.73 Å². The second kappa shape index (κ2) is 7.42. The minimum atomic E-state index is -3.84. The fourth-order valence-electron chi connectivity index (χ4n) is 2.45. The number of pyridine rings is 1. The number of nitrogens with two attached hydrogens (primary N) is 1. The number of sulfonamides is 1. The van der Waals surface area contributed by atoms with Gasteiger partial charge in [0.1, 0.15) is 4.90 Å². The van der Waals surface area contributed by atoms with E-state index in [9.17, 15) is 18.5 Å². The van der Waals surface area contributed by atoms with Gasteiger partial charge in [-0.05, 0) is 30.5 Å². The Morgan fingerprint density at radius 1 is 1.32 bits per heavy atom. The highest BCUT2D eigenvalue weighted by molar-refractivity contribution is 7.89. The summed E-state index contributed by atoms with van der Waals surface area (Å²) < 4.78 is 27.0. The predicted octanol–water partition coefficient (Wildman–Crippen LogP) is 2.14. The van der Waals surface area contributed by atoms with Gasteiger partial charge in [-0.1, -0.05) is 13.8 Å². The van der Waals surface area contributed by atoms with Crippen LogP contribution in [0.3, 0.4) is 0 Å². The molecule has 136 valence electrons. The van der Waals surface area contributed by atoms with Gasteiger partial charge in [0.05, 0.1) is 15.8 Å². The number of hydrogen-bond donors (Lipinski definition) is 1. The molecular formula is C16H22N4O4S. The van der Waals surface area contributed by atoms with Crippen molar-refractivity contribution in [1.29, 1.82) is 0 Å². The van der Waals surface area contributed by atoms with Gasteiger partial charge in [-0.2, -0.15) is 0 Å². The molecule has 0 aliphatic rings. The van der Waals surface area contributed by atoms with Gasteiger partial charge in [-0.25, -0.2) is 12.7 Å². The van der Waals surface area contributed by atoms with Crippen molar-refractivity contribution in [2.45, 2.75) is 31.2 Å². The summed E-state index contributed by atoms with van der Waals surface area (Å²) in [7, 11) is -2.37. The highest BCUT2D eigenvalue weighted by atomic mass is 32.2. The Hall–Kier alpha value is -2.10. The number of hydrogen-bond acceptors (Lipinski definition) is 6. The van der Waals surface area contributed by atoms with E-state index in [4.69, 9.17) is 5.73 Å². The molecule has 0 aliphatic carbocycles. The Morgan fingerprint density at radius 2 is 2.00 bits per heavy atom. The number of fused-ring (bicyclic) bond motifs is 1. The van der Waals surface area contributed by atoms with Gasteiger partial charge in [0.2, 0.25) is 10.0 Å². The molecule has 0 bridgehead atoms. The largest absolute Gasteiger partial charge is 0.327 e. The zero-order chi connectivity index (χ0) is 18.8. The first-order valence-electron chi connectivity index (χ1n) is 7.90. The Kier molecular flexibility index (Phi) is 5.71. The summed E-state index contributed by atoms with van der Waals surface area (Å²) in [5.74, 6) is 0.248. The molecule has 1 aromatic heterocycles. The average Bonchev–Trinajstić information content (AvgIpc) is 2.57. The van der Waals surface area contributed by atoms with E-state index in [0.717, 1.165) is 0 Å². The average molecular weight is 366 g/mol. The fraction of sp³-hybridized carbons (Fsp3) is 0.438. The van der Waals surface area contributed by atoms with Gasteiger partial charge in [0.15, 0.2) is 0 Å². The lowest BCUT2D eigenvalue weighted by Crippen LogP contribution is -2.34. The number of nitro benzene ring substituents is 1. The highest BCUT2D eigenvalue weighted by Crippen LogP contribution is 2.30. The van der Waals surface area contributed by atoms with E-state index in [2.05, 4.69) is 4.98 Å². The topological polar surface area (TPSA) is 119 Å². The van der Waals surface area contributed by atoms with Crippen molar-refractivity contribution in [2.24, 2.45) is 11.7 Å². The van der Waals surface area contributed by atoms with E-state index in [-0.39, 0.29) is 40.0 Å². The normalized spacial score (nSPS) is 13.5. The van der Waals surface area contributed by atoms with Crippen molar-refractivity contribution in [1.82, 2.24) is 9.29 Å². The second-order valence-corrected chi connectivity index (χ2v) is 8.28. The molecule has 1 atom stereocenters. The molecule has 2 N–H and O–H groups in total. The van der Waals surface area contributed by atoms with Gasteiger partial charge in [0.25, 0.3) is 5.69 Å². The smallest absolute Gasteiger partial charge is 0.278 e. The number of aromatic nitrogens is 1. The Morgan fingerprint density at radius 3 is 2.60 bits per heavy atom. The number of nitrogens with zero attached hydrogens (tertiary/aromatic N) is 3. The second-order valence-electron chi connectivity index (χ2n) is 6.26. The van der Waals surface area contributed by atoms with Crippen LogP contribution in [0.4, 0.5) is 5.69 Å². The van der Waals surface area contributed by atoms with Crippen LogP contribution in [0.15, 0.2) is 35.4 Å². The Labute approximate surface area is 146 Å². The third-order valence-corrected chi connectivity index (χ3v) is 6.12. The van der Waals surface area contributed by atoms with Gasteiger partial charge >= 0.3 is 0 Å². The Bertz CT molecular complexity index is 883. The maximum absolute atomic E-state index is 12.9. The van der Waals surface area contributed by atoms with Crippen molar-refractivity contribution in [3.05, 3.63) is 40.6 Å². The van der Waals surface area contributed by atoms with E-state index in [1.807, 2.05) is 13.8 Å². The highest BCUT2D eigenvalue weighted by Gasteiger charge is 2.27. The molecule has 2 aromatic rings. The third kappa shape index (κ3) is 3.94. The van der Waals surface area contributed by atoms with E-state index in [1.54, 1.807) is 0 Å². The van der Waals surface area contributed by atoms with Crippen LogP contribution in [0.25, 0.3) is 10.9 Å². The molecule has 25 heavy (non-hydrogen) atoms. The zero-order valence-electron chi connectivity index (χ0n) is 14.4.